The second kappa shape index (κ2) is 11.9. The minimum absolute atomic E-state index is 0.132. The maximum Gasteiger partial charge on any atom is 0.416 e. The van der Waals surface area contributed by atoms with E-state index >= 15 is 0 Å². The number of rotatable bonds is 8. The highest BCUT2D eigenvalue weighted by atomic mass is 19.4. The second-order valence-electron chi connectivity index (χ2n) is 9.86. The molecule has 1 aliphatic rings. The molecule has 0 bridgehead atoms. The molecule has 1 atom stereocenters. The van der Waals surface area contributed by atoms with Crippen molar-refractivity contribution >= 4 is 17.6 Å². The molecule has 2 aromatic carbocycles. The molecule has 1 unspecified atom stereocenters. The first-order valence-corrected chi connectivity index (χ1v) is 12.8. The fraction of sp³-hybridized carbons (Fsp3) is 0.379. The molecule has 0 spiro atoms. The number of hydrogen-bond acceptors (Lipinski definition) is 3. The van der Waals surface area contributed by atoms with Crippen LogP contribution in [-0.4, -0.2) is 59.7 Å². The number of ether oxygens (including phenoxy) is 1. The van der Waals surface area contributed by atoms with Crippen LogP contribution in [-0.2, 0) is 22.3 Å². The first-order valence-electron chi connectivity index (χ1n) is 12.8. The molecule has 0 saturated carbocycles. The molecule has 3 amide bonds. The second-order valence-corrected chi connectivity index (χ2v) is 9.86. The van der Waals surface area contributed by atoms with Gasteiger partial charge < -0.3 is 24.4 Å². The van der Waals surface area contributed by atoms with Crippen molar-refractivity contribution in [3.8, 4) is 0 Å². The zero-order valence-electron chi connectivity index (χ0n) is 22.2. The topological polar surface area (TPSA) is 66.8 Å². The number of urea groups is 1. The van der Waals surface area contributed by atoms with Crippen LogP contribution in [0.1, 0.15) is 48.2 Å². The van der Waals surface area contributed by atoms with Crippen molar-refractivity contribution in [3.63, 3.8) is 0 Å². The Hall–Kier alpha value is -3.79. The Morgan fingerprint density at radius 1 is 1.05 bits per heavy atom. The molecular weight excluding hydrogens is 509 g/mol. The van der Waals surface area contributed by atoms with Gasteiger partial charge in [-0.3, -0.25) is 4.79 Å². The van der Waals surface area contributed by atoms with Crippen molar-refractivity contribution in [2.75, 3.05) is 38.7 Å². The third kappa shape index (κ3) is 6.62. The molecule has 1 aliphatic heterocycles. The molecule has 2 heterocycles. The summed E-state index contributed by atoms with van der Waals surface area (Å²) in [5, 5.41) is 2.60. The number of methoxy groups -OCH3 is 1. The Balaban J connectivity index is 1.53. The molecule has 7 nitrogen and oxygen atoms in total. The summed E-state index contributed by atoms with van der Waals surface area (Å²) in [6, 6.07) is 15.5. The fourth-order valence-corrected chi connectivity index (χ4v) is 4.72. The molecule has 0 saturated heterocycles. The Bertz CT molecular complexity index is 1270. The zero-order valence-corrected chi connectivity index (χ0v) is 22.2. The maximum atomic E-state index is 13.7. The van der Waals surface area contributed by atoms with Crippen LogP contribution in [0, 0.1) is 0 Å². The number of aromatic nitrogens is 1. The van der Waals surface area contributed by atoms with E-state index < -0.39 is 17.8 Å². The highest BCUT2D eigenvalue weighted by Gasteiger charge is 2.34. The van der Waals surface area contributed by atoms with E-state index in [1.165, 1.54) is 29.7 Å². The summed E-state index contributed by atoms with van der Waals surface area (Å²) in [7, 11) is 1.49. The first kappa shape index (κ1) is 28.2. The fourth-order valence-electron chi connectivity index (χ4n) is 4.72. The molecule has 1 aromatic heterocycles. The van der Waals surface area contributed by atoms with E-state index in [4.69, 9.17) is 4.74 Å². The minimum atomic E-state index is -4.47. The van der Waals surface area contributed by atoms with Gasteiger partial charge in [0.05, 0.1) is 18.2 Å². The van der Waals surface area contributed by atoms with Gasteiger partial charge in [-0.25, -0.2) is 4.79 Å². The Kier molecular flexibility index (Phi) is 8.64. The van der Waals surface area contributed by atoms with E-state index in [0.717, 1.165) is 23.4 Å². The van der Waals surface area contributed by atoms with Gasteiger partial charge in [0.2, 0.25) is 5.91 Å². The van der Waals surface area contributed by atoms with Crippen LogP contribution >= 0.6 is 0 Å². The van der Waals surface area contributed by atoms with Gasteiger partial charge in [-0.2, -0.15) is 13.2 Å². The van der Waals surface area contributed by atoms with Crippen molar-refractivity contribution in [1.29, 1.82) is 0 Å². The molecule has 10 heteroatoms. The lowest BCUT2D eigenvalue weighted by Gasteiger charge is -2.38. The van der Waals surface area contributed by atoms with Crippen LogP contribution < -0.4 is 5.32 Å². The average Bonchev–Trinajstić information content (AvgIpc) is 3.39. The van der Waals surface area contributed by atoms with E-state index in [1.807, 2.05) is 30.5 Å². The Labute approximate surface area is 226 Å². The van der Waals surface area contributed by atoms with Gasteiger partial charge in [0, 0.05) is 44.3 Å². The predicted molar refractivity (Wildman–Crippen MR) is 142 cm³/mol. The lowest BCUT2D eigenvalue weighted by Crippen LogP contribution is -2.49. The standard InChI is InChI=1S/C29H33F3N4O3/c1-20(2)21-6-8-22(9-7-21)27-25-5-4-14-34(25)15-16-36(27)26(37)19-35(17-18-39-3)28(38)33-24-12-10-23(11-13-24)29(30,31)32/h4-14,20,27H,15-19H2,1-3H3,(H,33,38). The number of halogens is 3. The first-order chi connectivity index (χ1) is 18.6. The molecule has 208 valence electrons. The number of anilines is 1. The minimum Gasteiger partial charge on any atom is -0.383 e. The summed E-state index contributed by atoms with van der Waals surface area (Å²) in [6.07, 6.45) is -2.48. The van der Waals surface area contributed by atoms with E-state index in [9.17, 15) is 22.8 Å². The van der Waals surface area contributed by atoms with Gasteiger partial charge in [0.1, 0.15) is 6.54 Å². The van der Waals surface area contributed by atoms with Crippen molar-refractivity contribution in [1.82, 2.24) is 14.4 Å². The van der Waals surface area contributed by atoms with Crippen LogP contribution in [0.3, 0.4) is 0 Å². The number of nitrogens with zero attached hydrogens (tertiary/aromatic N) is 3. The quantitative estimate of drug-likeness (QED) is 0.395. The number of hydrogen-bond donors (Lipinski definition) is 1. The average molecular weight is 543 g/mol. The molecule has 4 rings (SSSR count). The number of amides is 3. The normalized spacial score (nSPS) is 15.3. The number of benzene rings is 2. The smallest absolute Gasteiger partial charge is 0.383 e. The lowest BCUT2D eigenvalue weighted by atomic mass is 9.95. The van der Waals surface area contributed by atoms with Gasteiger partial charge in [0.25, 0.3) is 0 Å². The van der Waals surface area contributed by atoms with Crippen LogP contribution in [0.15, 0.2) is 66.9 Å². The molecular formula is C29H33F3N4O3. The highest BCUT2D eigenvalue weighted by Crippen LogP contribution is 2.33. The van der Waals surface area contributed by atoms with Gasteiger partial charge in [-0.05, 0) is 53.4 Å². The summed E-state index contributed by atoms with van der Waals surface area (Å²) in [5.74, 6) is 0.142. The SMILES string of the molecule is COCCN(CC(=O)N1CCn2cccc2C1c1ccc(C(C)C)cc1)C(=O)Nc1ccc(C(F)(F)F)cc1. The van der Waals surface area contributed by atoms with Crippen LogP contribution in [0.2, 0.25) is 0 Å². The summed E-state index contributed by atoms with van der Waals surface area (Å²) in [5.41, 5.74) is 2.55. The summed E-state index contributed by atoms with van der Waals surface area (Å²) in [6.45, 7) is 5.46. The number of carbonyl (C=O) groups is 2. The third-order valence-electron chi connectivity index (χ3n) is 6.92. The van der Waals surface area contributed by atoms with Gasteiger partial charge >= 0.3 is 12.2 Å². The largest absolute Gasteiger partial charge is 0.416 e. The van der Waals surface area contributed by atoms with Crippen molar-refractivity contribution in [3.05, 3.63) is 89.2 Å². The van der Waals surface area contributed by atoms with Crippen LogP contribution in [0.5, 0.6) is 0 Å². The van der Waals surface area contributed by atoms with E-state index in [0.29, 0.717) is 19.0 Å². The number of fused-ring (bicyclic) bond motifs is 1. The third-order valence-corrected chi connectivity index (χ3v) is 6.92. The molecule has 1 N–H and O–H groups in total. The molecule has 3 aromatic rings. The Morgan fingerprint density at radius 2 is 1.74 bits per heavy atom. The monoisotopic (exact) mass is 542 g/mol. The Morgan fingerprint density at radius 3 is 2.36 bits per heavy atom. The maximum absolute atomic E-state index is 13.7. The van der Waals surface area contributed by atoms with Crippen LogP contribution in [0.4, 0.5) is 23.7 Å². The van der Waals surface area contributed by atoms with Crippen molar-refractivity contribution < 1.29 is 27.5 Å². The number of alkyl halides is 3. The summed E-state index contributed by atoms with van der Waals surface area (Å²) < 4.78 is 46.0. The molecule has 39 heavy (non-hydrogen) atoms. The molecule has 0 aliphatic carbocycles. The van der Waals surface area contributed by atoms with E-state index in [-0.39, 0.29) is 37.3 Å². The van der Waals surface area contributed by atoms with Gasteiger partial charge in [0.15, 0.2) is 0 Å². The highest BCUT2D eigenvalue weighted by molar-refractivity contribution is 5.92. The summed E-state index contributed by atoms with van der Waals surface area (Å²) in [4.78, 5) is 29.9. The van der Waals surface area contributed by atoms with E-state index in [1.54, 1.807) is 4.90 Å². The van der Waals surface area contributed by atoms with Gasteiger partial charge in [-0.15, -0.1) is 0 Å². The number of nitrogens with one attached hydrogen (secondary N) is 1. The summed E-state index contributed by atoms with van der Waals surface area (Å²) >= 11 is 0. The van der Waals surface area contributed by atoms with Gasteiger partial charge in [-0.1, -0.05) is 38.1 Å². The molecule has 0 radical (unpaired) electrons. The number of carbonyl (C=O) groups excluding carboxylic acids is 2. The van der Waals surface area contributed by atoms with E-state index in [2.05, 4.69) is 35.9 Å². The van der Waals surface area contributed by atoms with Crippen molar-refractivity contribution in [2.24, 2.45) is 0 Å². The molecule has 0 fully saturated rings. The van der Waals surface area contributed by atoms with Crippen LogP contribution in [0.25, 0.3) is 0 Å². The predicted octanol–water partition coefficient (Wildman–Crippen LogP) is 5.74. The lowest BCUT2D eigenvalue weighted by molar-refractivity contribution is -0.137. The van der Waals surface area contributed by atoms with Crippen molar-refractivity contribution in [2.45, 2.75) is 38.5 Å². The zero-order chi connectivity index (χ0) is 28.2.